The van der Waals surface area contributed by atoms with Crippen molar-refractivity contribution in [3.05, 3.63) is 29.8 Å². The van der Waals surface area contributed by atoms with Gasteiger partial charge in [0.15, 0.2) is 11.0 Å². The third-order valence-corrected chi connectivity index (χ3v) is 6.04. The fourth-order valence-corrected chi connectivity index (χ4v) is 4.52. The van der Waals surface area contributed by atoms with Crippen molar-refractivity contribution in [3.8, 4) is 11.4 Å². The molecular weight excluding hydrogens is 370 g/mol. The molecule has 0 bridgehead atoms. The van der Waals surface area contributed by atoms with E-state index in [1.807, 2.05) is 17.0 Å². The van der Waals surface area contributed by atoms with Crippen molar-refractivity contribution in [1.29, 1.82) is 0 Å². The van der Waals surface area contributed by atoms with Crippen LogP contribution in [0.25, 0.3) is 11.4 Å². The summed E-state index contributed by atoms with van der Waals surface area (Å²) in [4.78, 5) is 17.1. The van der Waals surface area contributed by atoms with Gasteiger partial charge in [0.25, 0.3) is 0 Å². The van der Waals surface area contributed by atoms with E-state index >= 15 is 0 Å². The summed E-state index contributed by atoms with van der Waals surface area (Å²) in [5.74, 6) is 2.15. The van der Waals surface area contributed by atoms with Gasteiger partial charge in [-0.15, -0.1) is 10.2 Å². The number of aromatic nitrogens is 3. The normalized spacial score (nSPS) is 15.4. The SMILES string of the molecule is CCn1c(SCC(=O)N2CCN(CC(C)C)CC2)nnc1-c1ccccc1C. The van der Waals surface area contributed by atoms with E-state index < -0.39 is 0 Å². The summed E-state index contributed by atoms with van der Waals surface area (Å²) in [6, 6.07) is 8.20. The van der Waals surface area contributed by atoms with Gasteiger partial charge in [0.1, 0.15) is 0 Å². The molecule has 1 saturated heterocycles. The maximum absolute atomic E-state index is 12.7. The van der Waals surface area contributed by atoms with Crippen LogP contribution in [-0.2, 0) is 11.3 Å². The topological polar surface area (TPSA) is 54.3 Å². The van der Waals surface area contributed by atoms with Gasteiger partial charge in [0, 0.05) is 44.8 Å². The molecule has 28 heavy (non-hydrogen) atoms. The minimum Gasteiger partial charge on any atom is -0.339 e. The number of aryl methyl sites for hydroxylation is 1. The third-order valence-electron chi connectivity index (χ3n) is 5.09. The lowest BCUT2D eigenvalue weighted by Gasteiger charge is -2.35. The summed E-state index contributed by atoms with van der Waals surface area (Å²) < 4.78 is 2.10. The molecule has 0 radical (unpaired) electrons. The average molecular weight is 402 g/mol. The van der Waals surface area contributed by atoms with Crippen LogP contribution in [0.1, 0.15) is 26.3 Å². The van der Waals surface area contributed by atoms with E-state index in [2.05, 4.69) is 59.5 Å². The number of nitrogens with zero attached hydrogens (tertiary/aromatic N) is 5. The van der Waals surface area contributed by atoms with Gasteiger partial charge >= 0.3 is 0 Å². The van der Waals surface area contributed by atoms with Gasteiger partial charge in [0.2, 0.25) is 5.91 Å². The van der Waals surface area contributed by atoms with Gasteiger partial charge in [0.05, 0.1) is 5.75 Å². The van der Waals surface area contributed by atoms with E-state index in [9.17, 15) is 4.79 Å². The molecule has 7 heteroatoms. The second-order valence-corrected chi connectivity index (χ2v) is 8.67. The molecule has 3 rings (SSSR count). The van der Waals surface area contributed by atoms with Crippen LogP contribution in [0.15, 0.2) is 29.4 Å². The predicted molar refractivity (Wildman–Crippen MR) is 114 cm³/mol. The van der Waals surface area contributed by atoms with Crippen molar-refractivity contribution < 1.29 is 4.79 Å². The second-order valence-electron chi connectivity index (χ2n) is 7.73. The van der Waals surface area contributed by atoms with E-state index in [1.165, 1.54) is 17.3 Å². The Labute approximate surface area is 172 Å². The predicted octanol–water partition coefficient (Wildman–Crippen LogP) is 3.17. The van der Waals surface area contributed by atoms with Gasteiger partial charge in [-0.3, -0.25) is 9.69 Å². The minimum atomic E-state index is 0.192. The van der Waals surface area contributed by atoms with Crippen LogP contribution in [-0.4, -0.2) is 68.9 Å². The Balaban J connectivity index is 1.59. The summed E-state index contributed by atoms with van der Waals surface area (Å²) >= 11 is 1.49. The smallest absolute Gasteiger partial charge is 0.233 e. The number of amides is 1. The van der Waals surface area contributed by atoms with Crippen LogP contribution in [0, 0.1) is 12.8 Å². The second kappa shape index (κ2) is 9.56. The third kappa shape index (κ3) is 4.94. The molecule has 1 aromatic carbocycles. The molecule has 6 nitrogen and oxygen atoms in total. The van der Waals surface area contributed by atoms with Gasteiger partial charge < -0.3 is 9.47 Å². The van der Waals surface area contributed by atoms with E-state index in [4.69, 9.17) is 0 Å². The van der Waals surface area contributed by atoms with Crippen molar-refractivity contribution in [2.24, 2.45) is 5.92 Å². The summed E-state index contributed by atoms with van der Waals surface area (Å²) in [6.07, 6.45) is 0. The largest absolute Gasteiger partial charge is 0.339 e. The maximum Gasteiger partial charge on any atom is 0.233 e. The minimum absolute atomic E-state index is 0.192. The molecule has 0 spiro atoms. The van der Waals surface area contributed by atoms with Gasteiger partial charge in [-0.2, -0.15) is 0 Å². The summed E-state index contributed by atoms with van der Waals surface area (Å²) in [6.45, 7) is 14.1. The van der Waals surface area contributed by atoms with Crippen LogP contribution in [0.5, 0.6) is 0 Å². The zero-order chi connectivity index (χ0) is 20.1. The van der Waals surface area contributed by atoms with Crippen molar-refractivity contribution in [2.75, 3.05) is 38.5 Å². The molecule has 1 fully saturated rings. The highest BCUT2D eigenvalue weighted by molar-refractivity contribution is 7.99. The fourth-order valence-electron chi connectivity index (χ4n) is 3.62. The number of hydrogen-bond donors (Lipinski definition) is 0. The first-order valence-corrected chi connectivity index (χ1v) is 11.1. The number of carbonyl (C=O) groups is 1. The lowest BCUT2D eigenvalue weighted by molar-refractivity contribution is -0.130. The Kier molecular flexibility index (Phi) is 7.13. The Morgan fingerprint density at radius 2 is 1.86 bits per heavy atom. The Morgan fingerprint density at radius 1 is 1.14 bits per heavy atom. The van der Waals surface area contributed by atoms with Gasteiger partial charge in [-0.25, -0.2) is 0 Å². The molecule has 152 valence electrons. The summed E-state index contributed by atoms with van der Waals surface area (Å²) in [5.41, 5.74) is 2.27. The highest BCUT2D eigenvalue weighted by Crippen LogP contribution is 2.26. The number of carbonyl (C=O) groups excluding carboxylic acids is 1. The highest BCUT2D eigenvalue weighted by atomic mass is 32.2. The molecule has 1 aliphatic heterocycles. The molecule has 1 amide bonds. The molecule has 1 aromatic heterocycles. The van der Waals surface area contributed by atoms with Crippen LogP contribution < -0.4 is 0 Å². The monoisotopic (exact) mass is 401 g/mol. The molecule has 0 atom stereocenters. The molecule has 1 aliphatic rings. The summed E-state index contributed by atoms with van der Waals surface area (Å²) in [5, 5.41) is 9.58. The highest BCUT2D eigenvalue weighted by Gasteiger charge is 2.22. The zero-order valence-corrected chi connectivity index (χ0v) is 18.2. The van der Waals surface area contributed by atoms with E-state index in [0.717, 1.165) is 55.8 Å². The molecule has 0 unspecified atom stereocenters. The Hall–Kier alpha value is -1.86. The van der Waals surface area contributed by atoms with Gasteiger partial charge in [-0.05, 0) is 25.3 Å². The van der Waals surface area contributed by atoms with Crippen LogP contribution in [0.4, 0.5) is 0 Å². The average Bonchev–Trinajstić information content (AvgIpc) is 3.09. The van der Waals surface area contributed by atoms with Crippen molar-refractivity contribution in [2.45, 2.75) is 39.4 Å². The number of hydrogen-bond acceptors (Lipinski definition) is 5. The van der Waals surface area contributed by atoms with E-state index in [-0.39, 0.29) is 5.91 Å². The lowest BCUT2D eigenvalue weighted by atomic mass is 10.1. The summed E-state index contributed by atoms with van der Waals surface area (Å²) in [7, 11) is 0. The molecule has 0 saturated carbocycles. The zero-order valence-electron chi connectivity index (χ0n) is 17.4. The fraction of sp³-hybridized carbons (Fsp3) is 0.571. The first-order valence-electron chi connectivity index (χ1n) is 10.1. The first-order chi connectivity index (χ1) is 13.5. The molecule has 2 heterocycles. The Morgan fingerprint density at radius 3 is 2.50 bits per heavy atom. The Bertz CT molecular complexity index is 796. The number of benzene rings is 1. The first kappa shape index (κ1) is 20.9. The van der Waals surface area contributed by atoms with Gasteiger partial charge in [-0.1, -0.05) is 49.9 Å². The van der Waals surface area contributed by atoms with Crippen LogP contribution >= 0.6 is 11.8 Å². The standard InChI is InChI=1S/C21H31N5OS/c1-5-26-20(18-9-7-6-8-17(18)4)22-23-21(26)28-15-19(27)25-12-10-24(11-13-25)14-16(2)3/h6-9,16H,5,10-15H2,1-4H3. The van der Waals surface area contributed by atoms with E-state index in [0.29, 0.717) is 11.7 Å². The van der Waals surface area contributed by atoms with Crippen LogP contribution in [0.2, 0.25) is 0 Å². The number of thioether (sulfide) groups is 1. The molecular formula is C21H31N5OS. The molecule has 2 aromatic rings. The van der Waals surface area contributed by atoms with E-state index in [1.54, 1.807) is 0 Å². The van der Waals surface area contributed by atoms with Crippen molar-refractivity contribution in [1.82, 2.24) is 24.6 Å². The number of rotatable bonds is 7. The molecule has 0 aliphatic carbocycles. The van der Waals surface area contributed by atoms with Crippen LogP contribution in [0.3, 0.4) is 0 Å². The molecule has 0 N–H and O–H groups in total. The quantitative estimate of drug-likeness (QED) is 0.667. The van der Waals surface area contributed by atoms with Crippen molar-refractivity contribution in [3.63, 3.8) is 0 Å². The lowest BCUT2D eigenvalue weighted by Crippen LogP contribution is -2.50. The number of piperazine rings is 1. The van der Waals surface area contributed by atoms with Crippen molar-refractivity contribution >= 4 is 17.7 Å². The maximum atomic E-state index is 12.7.